The first-order valence-electron chi connectivity index (χ1n) is 1.41. The van der Waals surface area contributed by atoms with Gasteiger partial charge in [-0.1, -0.05) is 0 Å². The zero-order valence-electron chi connectivity index (χ0n) is 4.63. The molecule has 6 nitrogen and oxygen atoms in total. The predicted molar refractivity (Wildman–Crippen MR) is 25.1 cm³/mol. The van der Waals surface area contributed by atoms with Crippen LogP contribution in [0.3, 0.4) is 0 Å². The molecule has 0 heterocycles. The van der Waals surface area contributed by atoms with Crippen LogP contribution in [0.2, 0.25) is 0 Å². The molecule has 0 spiro atoms. The summed E-state index contributed by atoms with van der Waals surface area (Å²) in [5.41, 5.74) is 0. The van der Waals surface area contributed by atoms with E-state index in [4.69, 9.17) is 29.2 Å². The molecule has 0 aliphatic carbocycles. The van der Waals surface area contributed by atoms with Crippen LogP contribution >= 0.6 is 0 Å². The van der Waals surface area contributed by atoms with Crippen molar-refractivity contribution in [1.29, 1.82) is 0 Å². The van der Waals surface area contributed by atoms with E-state index in [9.17, 15) is 0 Å². The maximum absolute atomic E-state index is 8.25. The van der Waals surface area contributed by atoms with Crippen molar-refractivity contribution < 1.29 is 29.2 Å². The second-order valence-corrected chi connectivity index (χ2v) is 0.289. The molecular weight excluding hydrogens is 250 g/mol. The third kappa shape index (κ3) is 10400. The van der Waals surface area contributed by atoms with Crippen LogP contribution in [0, 0.1) is 0 Å². The summed E-state index contributed by atoms with van der Waals surface area (Å²) >= 11 is 0. The van der Waals surface area contributed by atoms with Crippen molar-refractivity contribution in [3.8, 4) is 0 Å². The molecule has 50 valence electrons. The van der Waals surface area contributed by atoms with Crippen LogP contribution in [0.1, 0.15) is 0 Å². The van der Waals surface area contributed by atoms with Gasteiger partial charge >= 0.3 is 75.7 Å². The summed E-state index contributed by atoms with van der Waals surface area (Å²) in [7, 11) is -1.50. The van der Waals surface area contributed by atoms with Gasteiger partial charge in [-0.2, -0.15) is 0 Å². The Labute approximate surface area is 75.9 Å². The van der Waals surface area contributed by atoms with Crippen LogP contribution in [-0.2, 0) is 14.1 Å². The molecule has 0 aromatic heterocycles. The van der Waals surface area contributed by atoms with Gasteiger partial charge in [-0.05, 0) is 0 Å². The molecule has 0 fully saturated rings. The van der Waals surface area contributed by atoms with Crippen molar-refractivity contribution in [2.75, 3.05) is 0 Å². The molecule has 0 unspecified atom stereocenters. The molecular formula is B3O6Sb. The number of rotatable bonds is 0. The van der Waals surface area contributed by atoms with Crippen LogP contribution in [0.4, 0.5) is 0 Å². The van der Waals surface area contributed by atoms with E-state index in [0.29, 0.717) is 0 Å². The Morgan fingerprint density at radius 3 is 0.700 bits per heavy atom. The Balaban J connectivity index is -0.0000000257. The van der Waals surface area contributed by atoms with Crippen molar-refractivity contribution in [1.82, 2.24) is 0 Å². The largest absolute Gasteiger partial charge is 3.00 e. The van der Waals surface area contributed by atoms with Crippen molar-refractivity contribution in [3.63, 3.8) is 0 Å². The van der Waals surface area contributed by atoms with Crippen molar-refractivity contribution in [2.24, 2.45) is 0 Å². The number of hydrogen-bond donors (Lipinski definition) is 0. The third-order valence-electron chi connectivity index (χ3n) is 0. The van der Waals surface area contributed by atoms with Gasteiger partial charge in [-0.25, -0.2) is 0 Å². The summed E-state index contributed by atoms with van der Waals surface area (Å²) < 4.78 is 24.8. The second kappa shape index (κ2) is 68.0. The third-order valence-corrected chi connectivity index (χ3v) is 0. The van der Waals surface area contributed by atoms with Crippen LogP contribution in [0.5, 0.6) is 0 Å². The van der Waals surface area contributed by atoms with E-state index in [1.807, 2.05) is 0 Å². The Hall–Kier alpha value is -0.187. The molecule has 0 amide bonds. The minimum Gasteiger partial charge on any atom is 3.00 e. The van der Waals surface area contributed by atoms with Gasteiger partial charge in [0.1, 0.15) is 0 Å². The van der Waals surface area contributed by atoms with Gasteiger partial charge in [-0.3, -0.25) is 0 Å². The van der Waals surface area contributed by atoms with Gasteiger partial charge in [0, 0.05) is 0 Å². The quantitative estimate of drug-likeness (QED) is 0.395. The van der Waals surface area contributed by atoms with Gasteiger partial charge in [0.15, 0.2) is 0 Å². The molecule has 0 rings (SSSR count). The van der Waals surface area contributed by atoms with Gasteiger partial charge in [-0.15, -0.1) is 0 Å². The molecule has 2 radical (unpaired) electrons. The fraction of sp³-hybridized carbons (Fsp3) is 0. The number of hydrogen-bond acceptors (Lipinski definition) is 6. The van der Waals surface area contributed by atoms with Crippen LogP contribution < -0.4 is 15.1 Å². The van der Waals surface area contributed by atoms with Crippen molar-refractivity contribution in [2.45, 2.75) is 0 Å². The Kier molecular flexibility index (Phi) is 153. The average Bonchev–Trinajstić information content (AvgIpc) is 1.70. The van der Waals surface area contributed by atoms with Gasteiger partial charge < -0.3 is 0 Å². The minimum atomic E-state index is -0.500. The first kappa shape index (κ1) is 22.6. The summed E-state index contributed by atoms with van der Waals surface area (Å²) in [6.45, 7) is 0. The van der Waals surface area contributed by atoms with Crippen LogP contribution in [0.25, 0.3) is 0 Å². The summed E-state index contributed by atoms with van der Waals surface area (Å²) in [5.74, 6) is 0. The normalized spacial score (nSPS) is 2.40. The summed E-state index contributed by atoms with van der Waals surface area (Å²) in [4.78, 5) is 0. The smallest absolute Gasteiger partial charge is 3.00 e. The summed E-state index contributed by atoms with van der Waals surface area (Å²) in [5, 5.41) is 24.8. The fourth-order valence-electron chi connectivity index (χ4n) is 0. The molecule has 0 aromatic carbocycles. The topological polar surface area (TPSA) is 120 Å². The zero-order valence-corrected chi connectivity index (χ0v) is 7.18. The van der Waals surface area contributed by atoms with E-state index >= 15 is 0 Å². The molecule has 0 aliphatic rings. The SMILES string of the molecule is O=B[O-].O=B[O-].O=B[O-].[Sb+3]. The first-order valence-corrected chi connectivity index (χ1v) is 1.41. The van der Waals surface area contributed by atoms with E-state index in [2.05, 4.69) is 0 Å². The molecule has 0 atom stereocenters. The molecule has 10 heavy (non-hydrogen) atoms. The molecule has 0 aromatic rings. The van der Waals surface area contributed by atoms with E-state index in [1.165, 1.54) is 0 Å². The molecule has 0 saturated carbocycles. The summed E-state index contributed by atoms with van der Waals surface area (Å²) in [6.07, 6.45) is 0. The van der Waals surface area contributed by atoms with Gasteiger partial charge in [0.2, 0.25) is 0 Å². The van der Waals surface area contributed by atoms with E-state index in [1.54, 1.807) is 0 Å². The average molecular weight is 250 g/mol. The molecule has 0 saturated heterocycles. The Morgan fingerprint density at radius 2 is 0.700 bits per heavy atom. The molecule has 0 N–H and O–H groups in total. The molecule has 0 aliphatic heterocycles. The van der Waals surface area contributed by atoms with E-state index < -0.39 is 22.1 Å². The maximum Gasteiger partial charge on any atom is 3.00 e. The Morgan fingerprint density at radius 1 is 0.700 bits per heavy atom. The van der Waals surface area contributed by atoms with Crippen molar-refractivity contribution >= 4 is 46.5 Å². The van der Waals surface area contributed by atoms with Crippen molar-refractivity contribution in [3.05, 3.63) is 0 Å². The minimum absolute atomic E-state index is 0. The summed E-state index contributed by atoms with van der Waals surface area (Å²) in [6, 6.07) is 0. The van der Waals surface area contributed by atoms with Gasteiger partial charge in [0.05, 0.1) is 0 Å². The van der Waals surface area contributed by atoms with E-state index in [-0.39, 0.29) is 24.4 Å². The van der Waals surface area contributed by atoms with E-state index in [0.717, 1.165) is 0 Å². The second-order valence-electron chi connectivity index (χ2n) is 0.289. The molecule has 10 heteroatoms. The fourth-order valence-corrected chi connectivity index (χ4v) is 0. The first-order chi connectivity index (χ1) is 4.24. The zero-order chi connectivity index (χ0) is 8.12. The standard InChI is InChI=1S/3BO2.Sb/c3*2-1-3;/q3*-1;+3. The Bertz CT molecular complexity index is 49.7. The predicted octanol–water partition coefficient (Wildman–Crippen LogP) is -5.45. The monoisotopic (exact) mass is 250 g/mol. The van der Waals surface area contributed by atoms with Gasteiger partial charge in [0.25, 0.3) is 0 Å². The van der Waals surface area contributed by atoms with Crippen LogP contribution in [-0.4, -0.2) is 46.5 Å². The maximum atomic E-state index is 8.25. The molecule has 0 bridgehead atoms. The van der Waals surface area contributed by atoms with Crippen LogP contribution in [0.15, 0.2) is 0 Å².